The molecule has 0 radical (unpaired) electrons. The lowest BCUT2D eigenvalue weighted by atomic mass is 9.84. The highest BCUT2D eigenvalue weighted by molar-refractivity contribution is 5.76. The van der Waals surface area contributed by atoms with Crippen LogP contribution in [-0.2, 0) is 4.79 Å². The van der Waals surface area contributed by atoms with Crippen LogP contribution < -0.4 is 10.6 Å². The molecule has 0 aromatic rings. The number of hydrogen-bond acceptors (Lipinski definition) is 2. The summed E-state index contributed by atoms with van der Waals surface area (Å²) in [5.41, 5.74) is 0. The first-order chi connectivity index (χ1) is 8.20. The van der Waals surface area contributed by atoms with Crippen molar-refractivity contribution in [3.8, 4) is 0 Å². The first-order valence-electron chi connectivity index (χ1n) is 7.14. The van der Waals surface area contributed by atoms with Crippen LogP contribution in [0.5, 0.6) is 0 Å². The molecular weight excluding hydrogens is 212 g/mol. The van der Waals surface area contributed by atoms with Crippen LogP contribution in [-0.4, -0.2) is 25.5 Å². The number of nitrogens with one attached hydrogen (secondary N) is 2. The van der Waals surface area contributed by atoms with Crippen LogP contribution in [0.3, 0.4) is 0 Å². The molecule has 2 fully saturated rings. The molecule has 0 spiro atoms. The number of rotatable bonds is 6. The van der Waals surface area contributed by atoms with Gasteiger partial charge in [-0.05, 0) is 64.0 Å². The highest BCUT2D eigenvalue weighted by Gasteiger charge is 2.41. The van der Waals surface area contributed by atoms with E-state index in [4.69, 9.17) is 0 Å². The predicted octanol–water partition coefficient (Wildman–Crippen LogP) is 1.93. The van der Waals surface area contributed by atoms with Crippen molar-refractivity contribution in [3.05, 3.63) is 0 Å². The third-order valence-electron chi connectivity index (χ3n) is 4.65. The Morgan fingerprint density at radius 2 is 2.18 bits per heavy atom. The minimum atomic E-state index is 0.232. The Kier molecular flexibility index (Phi) is 4.43. The van der Waals surface area contributed by atoms with Crippen molar-refractivity contribution in [3.63, 3.8) is 0 Å². The number of carbonyl (C=O) groups is 1. The molecule has 2 saturated carbocycles. The summed E-state index contributed by atoms with van der Waals surface area (Å²) in [4.78, 5) is 11.8. The minimum Gasteiger partial charge on any atom is -0.353 e. The number of fused-ring (bicyclic) bond motifs is 2. The van der Waals surface area contributed by atoms with Crippen LogP contribution in [0.2, 0.25) is 0 Å². The lowest BCUT2D eigenvalue weighted by Crippen LogP contribution is -2.40. The SMILES string of the molecule is CNCCCC(=O)NC(C)C1CC2CCC1C2. The van der Waals surface area contributed by atoms with Crippen molar-refractivity contribution in [1.29, 1.82) is 0 Å². The molecule has 0 aromatic heterocycles. The van der Waals surface area contributed by atoms with Gasteiger partial charge in [0, 0.05) is 12.5 Å². The van der Waals surface area contributed by atoms with Gasteiger partial charge in [0.15, 0.2) is 0 Å². The van der Waals surface area contributed by atoms with Crippen LogP contribution in [0.25, 0.3) is 0 Å². The number of carbonyl (C=O) groups excluding carboxylic acids is 1. The zero-order chi connectivity index (χ0) is 12.3. The first-order valence-corrected chi connectivity index (χ1v) is 7.14. The molecule has 3 heteroatoms. The molecule has 0 saturated heterocycles. The first kappa shape index (κ1) is 12.9. The fourth-order valence-electron chi connectivity index (χ4n) is 3.77. The molecule has 0 heterocycles. The highest BCUT2D eigenvalue weighted by Crippen LogP contribution is 2.49. The van der Waals surface area contributed by atoms with Crippen molar-refractivity contribution in [2.45, 2.75) is 51.5 Å². The van der Waals surface area contributed by atoms with Crippen molar-refractivity contribution < 1.29 is 4.79 Å². The van der Waals surface area contributed by atoms with E-state index >= 15 is 0 Å². The smallest absolute Gasteiger partial charge is 0.220 e. The fourth-order valence-corrected chi connectivity index (χ4v) is 3.77. The molecule has 3 nitrogen and oxygen atoms in total. The number of hydrogen-bond donors (Lipinski definition) is 2. The van der Waals surface area contributed by atoms with Gasteiger partial charge in [0.05, 0.1) is 0 Å². The van der Waals surface area contributed by atoms with E-state index in [-0.39, 0.29) is 5.91 Å². The Morgan fingerprint density at radius 1 is 1.35 bits per heavy atom. The van der Waals surface area contributed by atoms with Gasteiger partial charge >= 0.3 is 0 Å². The van der Waals surface area contributed by atoms with E-state index in [1.165, 1.54) is 25.7 Å². The van der Waals surface area contributed by atoms with Gasteiger partial charge in [0.2, 0.25) is 5.91 Å². The largest absolute Gasteiger partial charge is 0.353 e. The van der Waals surface area contributed by atoms with E-state index in [9.17, 15) is 4.79 Å². The molecule has 4 atom stereocenters. The predicted molar refractivity (Wildman–Crippen MR) is 69.7 cm³/mol. The van der Waals surface area contributed by atoms with Gasteiger partial charge in [-0.1, -0.05) is 6.42 Å². The summed E-state index contributed by atoms with van der Waals surface area (Å²) in [6.45, 7) is 3.12. The van der Waals surface area contributed by atoms with Gasteiger partial charge in [-0.25, -0.2) is 0 Å². The summed E-state index contributed by atoms with van der Waals surface area (Å²) in [5.74, 6) is 2.85. The van der Waals surface area contributed by atoms with Crippen molar-refractivity contribution in [2.24, 2.45) is 17.8 Å². The third-order valence-corrected chi connectivity index (χ3v) is 4.65. The standard InChI is InChI=1S/C14H26N2O/c1-10(16-14(17)4-3-7-15-2)13-9-11-5-6-12(13)8-11/h10-13,15H,3-9H2,1-2H3,(H,16,17). The second-order valence-electron chi connectivity index (χ2n) is 5.90. The quantitative estimate of drug-likeness (QED) is 0.694. The van der Waals surface area contributed by atoms with Crippen LogP contribution in [0.4, 0.5) is 0 Å². The normalized spacial score (nSPS) is 32.7. The molecule has 2 N–H and O–H groups in total. The van der Waals surface area contributed by atoms with Gasteiger partial charge in [-0.3, -0.25) is 4.79 Å². The Balaban J connectivity index is 1.70. The van der Waals surface area contributed by atoms with E-state index in [0.29, 0.717) is 12.5 Å². The Morgan fingerprint density at radius 3 is 2.76 bits per heavy atom. The molecule has 2 bridgehead atoms. The van der Waals surface area contributed by atoms with E-state index in [0.717, 1.165) is 30.7 Å². The third kappa shape index (κ3) is 3.21. The molecule has 2 rings (SSSR count). The Labute approximate surface area is 105 Å². The Bertz CT molecular complexity index is 267. The van der Waals surface area contributed by atoms with Crippen molar-refractivity contribution in [2.75, 3.05) is 13.6 Å². The molecule has 2 aliphatic rings. The van der Waals surface area contributed by atoms with Gasteiger partial charge < -0.3 is 10.6 Å². The van der Waals surface area contributed by atoms with Gasteiger partial charge in [-0.15, -0.1) is 0 Å². The summed E-state index contributed by atoms with van der Waals surface area (Å²) in [7, 11) is 1.93. The summed E-state index contributed by atoms with van der Waals surface area (Å²) in [6.07, 6.45) is 7.20. The van der Waals surface area contributed by atoms with E-state index < -0.39 is 0 Å². The zero-order valence-corrected chi connectivity index (χ0v) is 11.2. The molecular formula is C14H26N2O. The van der Waals surface area contributed by atoms with Gasteiger partial charge in [-0.2, -0.15) is 0 Å². The van der Waals surface area contributed by atoms with Crippen molar-refractivity contribution in [1.82, 2.24) is 10.6 Å². The molecule has 2 aliphatic carbocycles. The van der Waals surface area contributed by atoms with Crippen LogP contribution in [0, 0.1) is 17.8 Å². The monoisotopic (exact) mass is 238 g/mol. The fraction of sp³-hybridized carbons (Fsp3) is 0.929. The molecule has 0 aliphatic heterocycles. The Hall–Kier alpha value is -0.570. The molecule has 17 heavy (non-hydrogen) atoms. The average molecular weight is 238 g/mol. The van der Waals surface area contributed by atoms with Crippen LogP contribution in [0.1, 0.15) is 45.4 Å². The maximum atomic E-state index is 11.8. The lowest BCUT2D eigenvalue weighted by molar-refractivity contribution is -0.122. The van der Waals surface area contributed by atoms with E-state index in [1.54, 1.807) is 0 Å². The van der Waals surface area contributed by atoms with Crippen LogP contribution in [0.15, 0.2) is 0 Å². The van der Waals surface area contributed by atoms with Gasteiger partial charge in [0.1, 0.15) is 0 Å². The highest BCUT2D eigenvalue weighted by atomic mass is 16.1. The number of amides is 1. The average Bonchev–Trinajstić information content (AvgIpc) is 2.91. The molecule has 0 aromatic carbocycles. The summed E-state index contributed by atoms with van der Waals surface area (Å²) in [6, 6.07) is 0.382. The zero-order valence-electron chi connectivity index (χ0n) is 11.2. The second-order valence-corrected chi connectivity index (χ2v) is 5.90. The summed E-state index contributed by atoms with van der Waals surface area (Å²) in [5, 5.41) is 6.27. The summed E-state index contributed by atoms with van der Waals surface area (Å²) < 4.78 is 0. The topological polar surface area (TPSA) is 41.1 Å². The molecule has 4 unspecified atom stereocenters. The van der Waals surface area contributed by atoms with E-state index in [2.05, 4.69) is 17.6 Å². The summed E-state index contributed by atoms with van der Waals surface area (Å²) >= 11 is 0. The minimum absolute atomic E-state index is 0.232. The second kappa shape index (κ2) is 5.85. The van der Waals surface area contributed by atoms with Gasteiger partial charge in [0.25, 0.3) is 0 Å². The maximum absolute atomic E-state index is 11.8. The maximum Gasteiger partial charge on any atom is 0.220 e. The van der Waals surface area contributed by atoms with Crippen LogP contribution >= 0.6 is 0 Å². The van der Waals surface area contributed by atoms with Crippen molar-refractivity contribution >= 4 is 5.91 Å². The lowest BCUT2D eigenvalue weighted by Gasteiger charge is -2.28. The molecule has 1 amide bonds. The molecule has 98 valence electrons. The van der Waals surface area contributed by atoms with E-state index in [1.807, 2.05) is 7.05 Å².